The van der Waals surface area contributed by atoms with Gasteiger partial charge in [0, 0.05) is 28.8 Å². The lowest BCUT2D eigenvalue weighted by molar-refractivity contribution is 0.106. The highest BCUT2D eigenvalue weighted by molar-refractivity contribution is 7.30. The zero-order chi connectivity index (χ0) is 33.7. The Hall–Kier alpha value is -6.24. The fraction of sp³-hybridized carbons (Fsp3) is 0.135. The van der Waals surface area contributed by atoms with Crippen LogP contribution in [0.2, 0.25) is 0 Å². The van der Waals surface area contributed by atoms with Gasteiger partial charge in [-0.15, -0.1) is 22.7 Å². The van der Waals surface area contributed by atoms with E-state index in [0.29, 0.717) is 44.7 Å². The third kappa shape index (κ3) is 4.62. The third-order valence-electron chi connectivity index (χ3n) is 8.55. The van der Waals surface area contributed by atoms with Crippen LogP contribution in [0.4, 0.5) is 10.0 Å². The fourth-order valence-electron chi connectivity index (χ4n) is 6.09. The average Bonchev–Trinajstić information content (AvgIpc) is 3.89. The minimum Gasteiger partial charge on any atom is -0.339 e. The maximum absolute atomic E-state index is 13.5. The number of hydrogen-bond acceptors (Lipinski definition) is 10. The minimum atomic E-state index is -0.344. The normalized spacial score (nSPS) is 15.8. The Morgan fingerprint density at radius 2 is 1.10 bits per heavy atom. The largest absolute Gasteiger partial charge is 0.339 e. The maximum atomic E-state index is 13.5. The zero-order valence-electron chi connectivity index (χ0n) is 25.5. The molecule has 0 amide bonds. The van der Waals surface area contributed by atoms with Crippen LogP contribution in [0, 0.1) is 51.2 Å². The maximum Gasteiger partial charge on any atom is 0.212 e. The van der Waals surface area contributed by atoms with Crippen LogP contribution in [0.5, 0.6) is 0 Å². The van der Waals surface area contributed by atoms with Gasteiger partial charge in [0.25, 0.3) is 0 Å². The molecule has 1 atom stereocenters. The first-order valence-electron chi connectivity index (χ1n) is 14.9. The summed E-state index contributed by atoms with van der Waals surface area (Å²) in [7, 11) is 0. The van der Waals surface area contributed by atoms with Gasteiger partial charge in [-0.05, 0) is 29.2 Å². The molecular weight excluding hydrogens is 639 g/mol. The van der Waals surface area contributed by atoms with Crippen molar-refractivity contribution in [2.24, 2.45) is 15.9 Å². The molecule has 0 N–H and O–H groups in total. The summed E-state index contributed by atoms with van der Waals surface area (Å²) in [6.07, 6.45) is 0.942. The number of ketones is 2. The Bertz CT molecular complexity index is 2370. The van der Waals surface area contributed by atoms with Gasteiger partial charge < -0.3 is 4.57 Å². The summed E-state index contributed by atoms with van der Waals surface area (Å²) < 4.78 is 4.03. The molecule has 48 heavy (non-hydrogen) atoms. The van der Waals surface area contributed by atoms with E-state index in [1.807, 2.05) is 36.4 Å². The topological polar surface area (TPSA) is 159 Å². The van der Waals surface area contributed by atoms with Crippen LogP contribution in [-0.4, -0.2) is 27.6 Å². The number of benzene rings is 2. The van der Waals surface area contributed by atoms with Gasteiger partial charge in [-0.2, -0.15) is 21.0 Å². The highest BCUT2D eigenvalue weighted by atomic mass is 32.1. The van der Waals surface area contributed by atoms with E-state index in [1.54, 1.807) is 48.5 Å². The van der Waals surface area contributed by atoms with Crippen molar-refractivity contribution in [3.8, 4) is 24.3 Å². The Balaban J connectivity index is 1.41. The quantitative estimate of drug-likeness (QED) is 0.172. The molecule has 0 aliphatic heterocycles. The molecule has 0 spiro atoms. The van der Waals surface area contributed by atoms with Gasteiger partial charge in [0.15, 0.2) is 0 Å². The van der Waals surface area contributed by atoms with Crippen LogP contribution in [0.1, 0.15) is 52.1 Å². The number of allylic oxidation sites excluding steroid dienone is 4. The number of fused-ring (bicyclic) bond motifs is 5. The number of aromatic nitrogens is 1. The van der Waals surface area contributed by atoms with Crippen LogP contribution in [-0.2, 0) is 6.54 Å². The molecule has 0 saturated heterocycles. The number of carbonyl (C=O) groups excluding carboxylic acids is 2. The number of nitrogens with zero attached hydrogens (tertiary/aromatic N) is 7. The van der Waals surface area contributed by atoms with Crippen molar-refractivity contribution in [1.82, 2.24) is 4.57 Å². The third-order valence-corrected chi connectivity index (χ3v) is 10.8. The molecule has 0 bridgehead atoms. The van der Waals surface area contributed by atoms with Gasteiger partial charge in [-0.25, -0.2) is 9.98 Å². The van der Waals surface area contributed by atoms with Crippen molar-refractivity contribution < 1.29 is 9.59 Å². The lowest BCUT2D eigenvalue weighted by Crippen LogP contribution is -2.07. The second kappa shape index (κ2) is 11.8. The molecule has 1 unspecified atom stereocenters. The summed E-state index contributed by atoms with van der Waals surface area (Å²) in [4.78, 5) is 36.5. The molecule has 11 heteroatoms. The van der Waals surface area contributed by atoms with Crippen LogP contribution in [0.25, 0.3) is 31.6 Å². The van der Waals surface area contributed by atoms with Crippen LogP contribution in [0.3, 0.4) is 0 Å². The standard InChI is InChI=1S/C37H21N7O2S2/c1-3-19(2)18-44-26-12-28(42-32-30(20(14-38)15-39)22-8-4-6-10-24(22)34(32)45)47-36(26)37-27(44)13-29(48-37)43-33-31(21(16-40)17-41)23-9-5-7-11-25(23)35(33)46/h4-13,19H,3,18H2,1-2H3. The molecule has 7 rings (SSSR count). The number of rotatable bonds is 5. The Morgan fingerprint density at radius 3 is 1.48 bits per heavy atom. The van der Waals surface area contributed by atoms with E-state index in [-0.39, 0.29) is 45.3 Å². The van der Waals surface area contributed by atoms with Gasteiger partial charge in [0.2, 0.25) is 11.6 Å². The second-order valence-electron chi connectivity index (χ2n) is 11.3. The van der Waals surface area contributed by atoms with Gasteiger partial charge in [-0.3, -0.25) is 9.59 Å². The summed E-state index contributed by atoms with van der Waals surface area (Å²) in [5.41, 5.74) is 3.92. The lowest BCUT2D eigenvalue weighted by Gasteiger charge is -2.11. The SMILES string of the molecule is CCC(C)Cn1c2cc(N=C3C(=O)c4ccccc4C3=C(C#N)C#N)sc2c2sc(N=C3C(=O)c4ccccc4C3=C(C#N)C#N)cc21. The smallest absolute Gasteiger partial charge is 0.212 e. The Morgan fingerprint density at radius 1 is 0.708 bits per heavy atom. The molecule has 2 aromatic carbocycles. The van der Waals surface area contributed by atoms with Crippen molar-refractivity contribution in [2.45, 2.75) is 26.8 Å². The number of thiophene rings is 2. The zero-order valence-corrected chi connectivity index (χ0v) is 27.2. The van der Waals surface area contributed by atoms with Gasteiger partial charge in [-0.1, -0.05) is 68.8 Å². The van der Waals surface area contributed by atoms with E-state index in [4.69, 9.17) is 9.98 Å². The molecule has 3 aromatic heterocycles. The van der Waals surface area contributed by atoms with E-state index < -0.39 is 0 Å². The molecule has 2 aliphatic rings. The Kier molecular flexibility index (Phi) is 7.50. The summed E-state index contributed by atoms with van der Waals surface area (Å²) in [6.45, 7) is 4.98. The van der Waals surface area contributed by atoms with Gasteiger partial charge >= 0.3 is 0 Å². The average molecular weight is 660 g/mol. The molecule has 3 heterocycles. The van der Waals surface area contributed by atoms with E-state index in [1.165, 1.54) is 22.7 Å². The highest BCUT2D eigenvalue weighted by Crippen LogP contribution is 2.47. The summed E-state index contributed by atoms with van der Waals surface area (Å²) in [6, 6.07) is 25.3. The molecule has 2 aliphatic carbocycles. The first kappa shape index (κ1) is 30.4. The molecule has 0 radical (unpaired) electrons. The molecule has 5 aromatic rings. The lowest BCUT2D eigenvalue weighted by atomic mass is 10.0. The van der Waals surface area contributed by atoms with Crippen LogP contribution in [0.15, 0.2) is 81.8 Å². The molecule has 0 fully saturated rings. The molecule has 0 saturated carbocycles. The summed E-state index contributed by atoms with van der Waals surface area (Å²) in [5, 5.41) is 39.9. The Labute approximate surface area is 282 Å². The van der Waals surface area contributed by atoms with Crippen molar-refractivity contribution >= 4 is 87.2 Å². The van der Waals surface area contributed by atoms with Crippen molar-refractivity contribution in [3.05, 3.63) is 94.1 Å². The van der Waals surface area contributed by atoms with Crippen LogP contribution >= 0.6 is 22.7 Å². The molecule has 228 valence electrons. The summed E-state index contributed by atoms with van der Waals surface area (Å²) >= 11 is 2.78. The number of Topliss-reactive ketones (excluding diaryl/α,β-unsaturated/α-hetero) is 2. The van der Waals surface area contributed by atoms with Crippen molar-refractivity contribution in [2.75, 3.05) is 0 Å². The van der Waals surface area contributed by atoms with E-state index >= 15 is 0 Å². The predicted octanol–water partition coefficient (Wildman–Crippen LogP) is 8.50. The summed E-state index contributed by atoms with van der Waals surface area (Å²) in [5.74, 6) is -0.357. The monoisotopic (exact) mass is 659 g/mol. The fourth-order valence-corrected chi connectivity index (χ4v) is 8.32. The van der Waals surface area contributed by atoms with E-state index in [9.17, 15) is 30.6 Å². The number of carbonyl (C=O) groups is 2. The van der Waals surface area contributed by atoms with E-state index in [0.717, 1.165) is 26.9 Å². The van der Waals surface area contributed by atoms with Gasteiger partial charge in [0.05, 0.1) is 20.4 Å². The first-order valence-corrected chi connectivity index (χ1v) is 16.6. The number of hydrogen-bond donors (Lipinski definition) is 0. The highest BCUT2D eigenvalue weighted by Gasteiger charge is 2.35. The van der Waals surface area contributed by atoms with Crippen molar-refractivity contribution in [3.63, 3.8) is 0 Å². The van der Waals surface area contributed by atoms with Crippen LogP contribution < -0.4 is 0 Å². The number of aliphatic imine (C=N–C) groups is 2. The number of nitriles is 4. The molecule has 9 nitrogen and oxygen atoms in total. The van der Waals surface area contributed by atoms with E-state index in [2.05, 4.69) is 18.4 Å². The second-order valence-corrected chi connectivity index (χ2v) is 13.4. The molecular formula is C37H21N7O2S2. The minimum absolute atomic E-state index is 0.0608. The first-order chi connectivity index (χ1) is 23.3. The predicted molar refractivity (Wildman–Crippen MR) is 187 cm³/mol. The van der Waals surface area contributed by atoms with Crippen molar-refractivity contribution in [1.29, 1.82) is 21.0 Å². The van der Waals surface area contributed by atoms with Gasteiger partial charge in [0.1, 0.15) is 56.8 Å².